The van der Waals surface area contributed by atoms with Crippen LogP contribution in [-0.4, -0.2) is 35.5 Å². The number of fused-ring (bicyclic) bond motifs is 1. The third-order valence-corrected chi connectivity index (χ3v) is 6.31. The molecular formula is C21H27N3O2S. The lowest BCUT2D eigenvalue weighted by molar-refractivity contribution is -0.118. The maximum atomic E-state index is 12.2. The molecule has 1 fully saturated rings. The Hall–Kier alpha value is -1.92. The molecule has 0 saturated carbocycles. The summed E-state index contributed by atoms with van der Waals surface area (Å²) in [6.07, 6.45) is 5.99. The summed E-state index contributed by atoms with van der Waals surface area (Å²) in [7, 11) is 0. The molecule has 0 spiro atoms. The number of anilines is 1. The number of nitrogens with one attached hydrogen (secondary N) is 1. The van der Waals surface area contributed by atoms with E-state index >= 15 is 0 Å². The van der Waals surface area contributed by atoms with Crippen LogP contribution in [0.15, 0.2) is 23.6 Å². The molecular weight excluding hydrogens is 358 g/mol. The minimum atomic E-state index is -0.164. The molecule has 0 atom stereocenters. The van der Waals surface area contributed by atoms with Gasteiger partial charge in [0.05, 0.1) is 5.69 Å². The zero-order valence-corrected chi connectivity index (χ0v) is 16.7. The number of hydrogen-bond acceptors (Lipinski definition) is 5. The SMILES string of the molecule is CC1CCN(Cc2csc(NC(=O)COc3ccc4c(c3)CCC4)n2)CC1. The van der Waals surface area contributed by atoms with Crippen LogP contribution in [0, 0.1) is 5.92 Å². The normalized spacial score (nSPS) is 17.7. The van der Waals surface area contributed by atoms with Crippen molar-refractivity contribution < 1.29 is 9.53 Å². The largest absolute Gasteiger partial charge is 0.484 e. The highest BCUT2D eigenvalue weighted by Gasteiger charge is 2.17. The lowest BCUT2D eigenvalue weighted by atomic mass is 9.99. The van der Waals surface area contributed by atoms with Crippen molar-refractivity contribution in [2.45, 2.75) is 45.6 Å². The van der Waals surface area contributed by atoms with Crippen LogP contribution in [-0.2, 0) is 24.2 Å². The number of ether oxygens (including phenoxy) is 1. The standard InChI is InChI=1S/C21H27N3O2S/c1-15-7-9-24(10-8-15)12-18-14-27-21(22-18)23-20(25)13-26-19-6-5-16-3-2-4-17(16)11-19/h5-6,11,14-15H,2-4,7-10,12-13H2,1H3,(H,22,23,25). The van der Waals surface area contributed by atoms with E-state index in [4.69, 9.17) is 4.74 Å². The van der Waals surface area contributed by atoms with Gasteiger partial charge in [0, 0.05) is 11.9 Å². The molecule has 1 aliphatic carbocycles. The smallest absolute Gasteiger partial charge is 0.264 e. The number of carbonyl (C=O) groups excluding carboxylic acids is 1. The van der Waals surface area contributed by atoms with Gasteiger partial charge in [-0.3, -0.25) is 15.0 Å². The van der Waals surface area contributed by atoms with Crippen molar-refractivity contribution in [3.05, 3.63) is 40.4 Å². The Morgan fingerprint density at radius 2 is 2.11 bits per heavy atom. The molecule has 5 nitrogen and oxygen atoms in total. The molecule has 1 aromatic carbocycles. The second kappa shape index (κ2) is 8.40. The molecule has 0 unspecified atom stereocenters. The van der Waals surface area contributed by atoms with E-state index in [0.29, 0.717) is 5.13 Å². The van der Waals surface area contributed by atoms with Crippen LogP contribution in [0.1, 0.15) is 43.0 Å². The molecule has 144 valence electrons. The van der Waals surface area contributed by atoms with E-state index in [1.807, 2.05) is 11.4 Å². The number of likely N-dealkylation sites (tertiary alicyclic amines) is 1. The summed E-state index contributed by atoms with van der Waals surface area (Å²) >= 11 is 1.48. The summed E-state index contributed by atoms with van der Waals surface area (Å²) in [6, 6.07) is 6.14. The van der Waals surface area contributed by atoms with Gasteiger partial charge in [-0.05, 0) is 74.4 Å². The Bertz CT molecular complexity index is 796. The molecule has 1 aromatic heterocycles. The van der Waals surface area contributed by atoms with Gasteiger partial charge in [-0.25, -0.2) is 4.98 Å². The molecule has 2 aromatic rings. The number of aromatic nitrogens is 1. The van der Waals surface area contributed by atoms with Gasteiger partial charge in [-0.15, -0.1) is 11.3 Å². The first-order chi connectivity index (χ1) is 13.2. The van der Waals surface area contributed by atoms with E-state index < -0.39 is 0 Å². The number of piperidine rings is 1. The number of benzene rings is 1. The van der Waals surface area contributed by atoms with Gasteiger partial charge in [0.1, 0.15) is 5.75 Å². The monoisotopic (exact) mass is 385 g/mol. The molecule has 0 radical (unpaired) electrons. The summed E-state index contributed by atoms with van der Waals surface area (Å²) in [5.41, 5.74) is 3.79. The molecule has 1 amide bonds. The van der Waals surface area contributed by atoms with E-state index in [2.05, 4.69) is 34.3 Å². The molecule has 0 bridgehead atoms. The van der Waals surface area contributed by atoms with E-state index in [1.165, 1.54) is 41.7 Å². The van der Waals surface area contributed by atoms with Crippen LogP contribution in [0.3, 0.4) is 0 Å². The highest BCUT2D eigenvalue weighted by atomic mass is 32.1. The second-order valence-corrected chi connectivity index (χ2v) is 8.58. The van der Waals surface area contributed by atoms with Crippen molar-refractivity contribution in [1.82, 2.24) is 9.88 Å². The van der Waals surface area contributed by atoms with Gasteiger partial charge in [0.15, 0.2) is 11.7 Å². The van der Waals surface area contributed by atoms with Crippen LogP contribution in [0.2, 0.25) is 0 Å². The Labute approximate surface area is 164 Å². The molecule has 6 heteroatoms. The van der Waals surface area contributed by atoms with Crippen molar-refractivity contribution in [3.8, 4) is 5.75 Å². The molecule has 1 aliphatic heterocycles. The molecule has 27 heavy (non-hydrogen) atoms. The Balaban J connectivity index is 1.24. The molecule has 1 N–H and O–H groups in total. The van der Waals surface area contributed by atoms with Crippen LogP contribution < -0.4 is 10.1 Å². The molecule has 2 aliphatic rings. The van der Waals surface area contributed by atoms with E-state index in [0.717, 1.165) is 49.8 Å². The number of rotatable bonds is 6. The van der Waals surface area contributed by atoms with Crippen molar-refractivity contribution >= 4 is 22.4 Å². The number of nitrogens with zero attached hydrogens (tertiary/aromatic N) is 2. The third-order valence-electron chi connectivity index (χ3n) is 5.50. The predicted molar refractivity (Wildman–Crippen MR) is 108 cm³/mol. The fraction of sp³-hybridized carbons (Fsp3) is 0.524. The Morgan fingerprint density at radius 3 is 2.96 bits per heavy atom. The minimum absolute atomic E-state index is 0.0116. The van der Waals surface area contributed by atoms with E-state index in [9.17, 15) is 4.79 Å². The maximum absolute atomic E-state index is 12.2. The topological polar surface area (TPSA) is 54.5 Å². The highest BCUT2D eigenvalue weighted by Crippen LogP contribution is 2.26. The summed E-state index contributed by atoms with van der Waals surface area (Å²) in [5.74, 6) is 1.44. The number of amides is 1. The molecule has 1 saturated heterocycles. The van der Waals surface area contributed by atoms with Crippen molar-refractivity contribution in [3.63, 3.8) is 0 Å². The Morgan fingerprint density at radius 1 is 1.30 bits per heavy atom. The van der Waals surface area contributed by atoms with Gasteiger partial charge in [-0.1, -0.05) is 13.0 Å². The fourth-order valence-corrected chi connectivity index (χ4v) is 4.55. The summed E-state index contributed by atoms with van der Waals surface area (Å²) in [6.45, 7) is 5.46. The second-order valence-electron chi connectivity index (χ2n) is 7.72. The third kappa shape index (κ3) is 4.87. The first-order valence-electron chi connectivity index (χ1n) is 9.87. The van der Waals surface area contributed by atoms with Crippen molar-refractivity contribution in [2.24, 2.45) is 5.92 Å². The van der Waals surface area contributed by atoms with Crippen LogP contribution in [0.25, 0.3) is 0 Å². The van der Waals surface area contributed by atoms with Gasteiger partial charge < -0.3 is 4.74 Å². The van der Waals surface area contributed by atoms with Crippen LogP contribution in [0.5, 0.6) is 5.75 Å². The van der Waals surface area contributed by atoms with Crippen LogP contribution >= 0.6 is 11.3 Å². The maximum Gasteiger partial charge on any atom is 0.264 e. The van der Waals surface area contributed by atoms with Gasteiger partial charge in [-0.2, -0.15) is 0 Å². The number of aryl methyl sites for hydroxylation is 2. The highest BCUT2D eigenvalue weighted by molar-refractivity contribution is 7.13. The lowest BCUT2D eigenvalue weighted by Gasteiger charge is -2.29. The van der Waals surface area contributed by atoms with E-state index in [-0.39, 0.29) is 12.5 Å². The van der Waals surface area contributed by atoms with Gasteiger partial charge in [0.2, 0.25) is 0 Å². The predicted octanol–water partition coefficient (Wildman–Crippen LogP) is 3.88. The van der Waals surface area contributed by atoms with Gasteiger partial charge >= 0.3 is 0 Å². The summed E-state index contributed by atoms with van der Waals surface area (Å²) in [4.78, 5) is 19.2. The first-order valence-corrected chi connectivity index (χ1v) is 10.7. The van der Waals surface area contributed by atoms with Crippen LogP contribution in [0.4, 0.5) is 5.13 Å². The lowest BCUT2D eigenvalue weighted by Crippen LogP contribution is -2.32. The zero-order chi connectivity index (χ0) is 18.6. The quantitative estimate of drug-likeness (QED) is 0.820. The number of carbonyl (C=O) groups is 1. The first kappa shape index (κ1) is 18.4. The van der Waals surface area contributed by atoms with Gasteiger partial charge in [0.25, 0.3) is 5.91 Å². The number of hydrogen-bond donors (Lipinski definition) is 1. The summed E-state index contributed by atoms with van der Waals surface area (Å²) < 4.78 is 5.66. The summed E-state index contributed by atoms with van der Waals surface area (Å²) in [5, 5.41) is 5.54. The number of thiazole rings is 1. The molecule has 4 rings (SSSR count). The Kier molecular flexibility index (Phi) is 5.74. The molecule has 2 heterocycles. The average Bonchev–Trinajstić information content (AvgIpc) is 3.30. The average molecular weight is 386 g/mol. The van der Waals surface area contributed by atoms with Crippen molar-refractivity contribution in [1.29, 1.82) is 0 Å². The zero-order valence-electron chi connectivity index (χ0n) is 15.9. The van der Waals surface area contributed by atoms with E-state index in [1.54, 1.807) is 0 Å². The van der Waals surface area contributed by atoms with Crippen molar-refractivity contribution in [2.75, 3.05) is 25.0 Å². The fourth-order valence-electron chi connectivity index (χ4n) is 3.83. The minimum Gasteiger partial charge on any atom is -0.484 e.